The summed E-state index contributed by atoms with van der Waals surface area (Å²) in [7, 11) is -3.73. The summed E-state index contributed by atoms with van der Waals surface area (Å²) in [5.74, 6) is -0.131. The second-order valence-electron chi connectivity index (χ2n) is 6.10. The van der Waals surface area contributed by atoms with Gasteiger partial charge in [-0.2, -0.15) is 0 Å². The molecule has 0 fully saturated rings. The molecule has 0 unspecified atom stereocenters. The van der Waals surface area contributed by atoms with E-state index < -0.39 is 10.0 Å². The zero-order valence-electron chi connectivity index (χ0n) is 13.9. The summed E-state index contributed by atoms with van der Waals surface area (Å²) in [5, 5.41) is 7.59. The Kier molecular flexibility index (Phi) is 5.17. The number of benzene rings is 2. The first-order valence-electron chi connectivity index (χ1n) is 8.05. The fourth-order valence-electron chi connectivity index (χ4n) is 2.85. The number of rotatable bonds is 5. The standard InChI is InChI=1S/C18H20N2O3S2/c1-12(24-16-8-5-13-3-2-4-14(13)11-16)18(21)20-15-6-9-17(10-7-15)25(19,22)23/h5-12H,2-4H2,1H3,(H,20,21)(H2,19,22,23)/t12-/m0/s1. The minimum atomic E-state index is -3.73. The molecule has 25 heavy (non-hydrogen) atoms. The van der Waals surface area contributed by atoms with Gasteiger partial charge < -0.3 is 5.32 Å². The molecule has 5 nitrogen and oxygen atoms in total. The van der Waals surface area contributed by atoms with Crippen molar-refractivity contribution in [3.05, 3.63) is 53.6 Å². The Hall–Kier alpha value is -1.83. The van der Waals surface area contributed by atoms with Crippen LogP contribution in [0.5, 0.6) is 0 Å². The summed E-state index contributed by atoms with van der Waals surface area (Å²) in [6, 6.07) is 12.2. The zero-order chi connectivity index (χ0) is 18.0. The third-order valence-electron chi connectivity index (χ3n) is 4.20. The molecule has 0 radical (unpaired) electrons. The maximum Gasteiger partial charge on any atom is 0.238 e. The molecular weight excluding hydrogens is 356 g/mol. The van der Waals surface area contributed by atoms with Crippen LogP contribution in [0.4, 0.5) is 5.69 Å². The molecule has 3 N–H and O–H groups in total. The first-order valence-corrected chi connectivity index (χ1v) is 10.5. The van der Waals surface area contributed by atoms with Crippen LogP contribution in [-0.2, 0) is 27.7 Å². The van der Waals surface area contributed by atoms with Crippen molar-refractivity contribution in [1.29, 1.82) is 0 Å². The molecule has 0 aromatic heterocycles. The monoisotopic (exact) mass is 376 g/mol. The molecule has 132 valence electrons. The second kappa shape index (κ2) is 7.19. The van der Waals surface area contributed by atoms with Crippen molar-refractivity contribution >= 4 is 33.4 Å². The Morgan fingerprint density at radius 3 is 2.48 bits per heavy atom. The quantitative estimate of drug-likeness (QED) is 0.785. The van der Waals surface area contributed by atoms with Gasteiger partial charge in [0.15, 0.2) is 0 Å². The van der Waals surface area contributed by atoms with E-state index in [1.165, 1.54) is 53.6 Å². The van der Waals surface area contributed by atoms with Crippen LogP contribution in [0.25, 0.3) is 0 Å². The number of nitrogens with one attached hydrogen (secondary N) is 1. The minimum Gasteiger partial charge on any atom is -0.325 e. The smallest absolute Gasteiger partial charge is 0.238 e. The maximum absolute atomic E-state index is 12.4. The van der Waals surface area contributed by atoms with E-state index in [0.717, 1.165) is 17.7 Å². The molecule has 2 aromatic rings. The van der Waals surface area contributed by atoms with Crippen LogP contribution in [0.3, 0.4) is 0 Å². The molecule has 0 saturated heterocycles. The number of hydrogen-bond acceptors (Lipinski definition) is 4. The molecule has 0 spiro atoms. The summed E-state index contributed by atoms with van der Waals surface area (Å²) in [4.78, 5) is 13.5. The van der Waals surface area contributed by atoms with Crippen LogP contribution >= 0.6 is 11.8 Å². The lowest BCUT2D eigenvalue weighted by atomic mass is 10.1. The number of primary sulfonamides is 1. The average molecular weight is 377 g/mol. The van der Waals surface area contributed by atoms with Crippen molar-refractivity contribution in [1.82, 2.24) is 0 Å². The zero-order valence-corrected chi connectivity index (χ0v) is 15.5. The molecule has 1 aliphatic rings. The van der Waals surface area contributed by atoms with Gasteiger partial charge in [-0.25, -0.2) is 13.6 Å². The van der Waals surface area contributed by atoms with Gasteiger partial charge in [0.2, 0.25) is 15.9 Å². The molecule has 0 heterocycles. The van der Waals surface area contributed by atoms with Crippen molar-refractivity contribution in [2.75, 3.05) is 5.32 Å². The van der Waals surface area contributed by atoms with E-state index in [1.807, 2.05) is 6.92 Å². The lowest BCUT2D eigenvalue weighted by Gasteiger charge is -2.13. The summed E-state index contributed by atoms with van der Waals surface area (Å²) < 4.78 is 22.5. The molecule has 0 aliphatic heterocycles. The fourth-order valence-corrected chi connectivity index (χ4v) is 4.30. The van der Waals surface area contributed by atoms with Gasteiger partial charge in [-0.05, 0) is 73.7 Å². The Bertz CT molecular complexity index is 893. The first-order chi connectivity index (χ1) is 11.8. The van der Waals surface area contributed by atoms with Crippen molar-refractivity contribution < 1.29 is 13.2 Å². The van der Waals surface area contributed by atoms with Gasteiger partial charge in [-0.3, -0.25) is 4.79 Å². The molecule has 0 bridgehead atoms. The number of amides is 1. The van der Waals surface area contributed by atoms with Crippen molar-refractivity contribution in [3.63, 3.8) is 0 Å². The molecule has 0 saturated carbocycles. The van der Waals surface area contributed by atoms with E-state index in [0.29, 0.717) is 5.69 Å². The maximum atomic E-state index is 12.4. The predicted octanol–water partition coefficient (Wildman–Crippen LogP) is 2.94. The van der Waals surface area contributed by atoms with Gasteiger partial charge in [0, 0.05) is 10.6 Å². The Labute approximate surface area is 152 Å². The van der Waals surface area contributed by atoms with Crippen LogP contribution in [0.15, 0.2) is 52.3 Å². The molecule has 1 atom stereocenters. The number of anilines is 1. The van der Waals surface area contributed by atoms with E-state index >= 15 is 0 Å². The number of sulfonamides is 1. The molecule has 7 heteroatoms. The number of hydrogen-bond donors (Lipinski definition) is 2. The van der Waals surface area contributed by atoms with Crippen LogP contribution < -0.4 is 10.5 Å². The highest BCUT2D eigenvalue weighted by atomic mass is 32.2. The number of fused-ring (bicyclic) bond motifs is 1. The summed E-state index contributed by atoms with van der Waals surface area (Å²) in [6.07, 6.45) is 3.46. The largest absolute Gasteiger partial charge is 0.325 e. The summed E-state index contributed by atoms with van der Waals surface area (Å²) in [5.41, 5.74) is 3.34. The molecule has 1 aliphatic carbocycles. The number of carbonyl (C=O) groups excluding carboxylic acids is 1. The van der Waals surface area contributed by atoms with Crippen molar-refractivity contribution in [3.8, 4) is 0 Å². The molecule has 3 rings (SSSR count). The highest BCUT2D eigenvalue weighted by molar-refractivity contribution is 8.00. The third-order valence-corrected chi connectivity index (χ3v) is 6.23. The van der Waals surface area contributed by atoms with Crippen LogP contribution in [0.2, 0.25) is 0 Å². The van der Waals surface area contributed by atoms with E-state index in [1.54, 1.807) is 0 Å². The Morgan fingerprint density at radius 2 is 1.80 bits per heavy atom. The predicted molar refractivity (Wildman–Crippen MR) is 100 cm³/mol. The SMILES string of the molecule is C[C@H](Sc1ccc2c(c1)CCC2)C(=O)Nc1ccc(S(N)(=O)=O)cc1. The lowest BCUT2D eigenvalue weighted by Crippen LogP contribution is -2.22. The van der Waals surface area contributed by atoms with E-state index in [2.05, 4.69) is 23.5 Å². The topological polar surface area (TPSA) is 89.3 Å². The summed E-state index contributed by atoms with van der Waals surface area (Å²) in [6.45, 7) is 1.85. The highest BCUT2D eigenvalue weighted by Gasteiger charge is 2.17. The number of carbonyl (C=O) groups is 1. The van der Waals surface area contributed by atoms with Crippen molar-refractivity contribution in [2.45, 2.75) is 41.2 Å². The summed E-state index contributed by atoms with van der Waals surface area (Å²) >= 11 is 1.52. The minimum absolute atomic E-state index is 0.0195. The van der Waals surface area contributed by atoms with Gasteiger partial charge in [-0.1, -0.05) is 6.07 Å². The van der Waals surface area contributed by atoms with Gasteiger partial charge in [-0.15, -0.1) is 11.8 Å². The average Bonchev–Trinajstić information content (AvgIpc) is 3.02. The Morgan fingerprint density at radius 1 is 1.12 bits per heavy atom. The second-order valence-corrected chi connectivity index (χ2v) is 9.08. The first kappa shape index (κ1) is 18.0. The van der Waals surface area contributed by atoms with Crippen LogP contribution in [0, 0.1) is 0 Å². The normalized spacial score (nSPS) is 14.8. The molecule has 1 amide bonds. The molecule has 2 aromatic carbocycles. The Balaban J connectivity index is 1.62. The van der Waals surface area contributed by atoms with Gasteiger partial charge >= 0.3 is 0 Å². The van der Waals surface area contributed by atoms with Gasteiger partial charge in [0.25, 0.3) is 0 Å². The third kappa shape index (κ3) is 4.42. The highest BCUT2D eigenvalue weighted by Crippen LogP contribution is 2.30. The van der Waals surface area contributed by atoms with Crippen LogP contribution in [0.1, 0.15) is 24.5 Å². The number of thioether (sulfide) groups is 1. The number of aryl methyl sites for hydroxylation is 2. The van der Waals surface area contributed by atoms with E-state index in [4.69, 9.17) is 5.14 Å². The number of nitrogens with two attached hydrogens (primary N) is 1. The fraction of sp³-hybridized carbons (Fsp3) is 0.278. The van der Waals surface area contributed by atoms with Crippen LogP contribution in [-0.4, -0.2) is 19.6 Å². The van der Waals surface area contributed by atoms with Gasteiger partial charge in [0.1, 0.15) is 0 Å². The van der Waals surface area contributed by atoms with E-state index in [9.17, 15) is 13.2 Å². The van der Waals surface area contributed by atoms with Gasteiger partial charge in [0.05, 0.1) is 10.1 Å². The molecular formula is C18H20N2O3S2. The lowest BCUT2D eigenvalue weighted by molar-refractivity contribution is -0.115. The van der Waals surface area contributed by atoms with E-state index in [-0.39, 0.29) is 16.1 Å². The van der Waals surface area contributed by atoms with Crippen molar-refractivity contribution in [2.24, 2.45) is 5.14 Å².